The van der Waals surface area contributed by atoms with Crippen molar-refractivity contribution in [3.63, 3.8) is 0 Å². The van der Waals surface area contributed by atoms with Crippen LogP contribution in [0.3, 0.4) is 0 Å². The largest absolute Gasteiger partial charge is 0.393 e. The number of nitrogens with zero attached hydrogens (tertiary/aromatic N) is 1. The molecule has 1 saturated carbocycles. The van der Waals surface area contributed by atoms with Crippen LogP contribution >= 0.6 is 0 Å². The lowest BCUT2D eigenvalue weighted by Gasteiger charge is -2.40. The van der Waals surface area contributed by atoms with Crippen molar-refractivity contribution in [3.8, 4) is 0 Å². The molecule has 0 amide bonds. The van der Waals surface area contributed by atoms with Crippen LogP contribution in [0.1, 0.15) is 38.5 Å². The van der Waals surface area contributed by atoms with Gasteiger partial charge in [0, 0.05) is 6.04 Å². The van der Waals surface area contributed by atoms with E-state index < -0.39 is 0 Å². The maximum atomic E-state index is 9.19. The molecule has 1 saturated heterocycles. The first kappa shape index (κ1) is 8.52. The van der Waals surface area contributed by atoms with Gasteiger partial charge in [0.15, 0.2) is 0 Å². The lowest BCUT2D eigenvalue weighted by Crippen LogP contribution is -2.47. The zero-order valence-electron chi connectivity index (χ0n) is 7.71. The minimum absolute atomic E-state index is 0.0123. The molecule has 2 heteroatoms. The third-order valence-corrected chi connectivity index (χ3v) is 3.25. The van der Waals surface area contributed by atoms with Gasteiger partial charge in [-0.3, -0.25) is 0 Å². The van der Waals surface area contributed by atoms with Gasteiger partial charge >= 0.3 is 0 Å². The molecule has 0 atom stereocenters. The van der Waals surface area contributed by atoms with Crippen LogP contribution in [0.15, 0.2) is 0 Å². The van der Waals surface area contributed by atoms with Crippen molar-refractivity contribution in [2.45, 2.75) is 50.7 Å². The highest BCUT2D eigenvalue weighted by molar-refractivity contribution is 4.87. The van der Waals surface area contributed by atoms with Crippen molar-refractivity contribution in [3.05, 3.63) is 0 Å². The molecule has 2 aliphatic rings. The van der Waals surface area contributed by atoms with Crippen molar-refractivity contribution in [2.24, 2.45) is 0 Å². The zero-order valence-corrected chi connectivity index (χ0v) is 7.71. The van der Waals surface area contributed by atoms with Crippen LogP contribution in [-0.4, -0.2) is 35.2 Å². The van der Waals surface area contributed by atoms with Crippen molar-refractivity contribution in [2.75, 3.05) is 13.1 Å². The Labute approximate surface area is 74.6 Å². The van der Waals surface area contributed by atoms with Crippen LogP contribution in [-0.2, 0) is 0 Å². The highest BCUT2D eigenvalue weighted by Crippen LogP contribution is 2.27. The van der Waals surface area contributed by atoms with Gasteiger partial charge in [-0.25, -0.2) is 0 Å². The molecule has 1 aliphatic heterocycles. The Morgan fingerprint density at radius 1 is 0.917 bits per heavy atom. The first-order valence-electron chi connectivity index (χ1n) is 5.28. The summed E-state index contributed by atoms with van der Waals surface area (Å²) in [7, 11) is 0. The lowest BCUT2D eigenvalue weighted by atomic mass is 9.88. The van der Waals surface area contributed by atoms with E-state index in [-0.39, 0.29) is 6.10 Å². The Balaban J connectivity index is 1.78. The summed E-state index contributed by atoms with van der Waals surface area (Å²) in [4.78, 5) is 2.58. The van der Waals surface area contributed by atoms with Crippen LogP contribution < -0.4 is 0 Å². The summed E-state index contributed by atoms with van der Waals surface area (Å²) in [6, 6.07) is 0.720. The molecule has 2 nitrogen and oxygen atoms in total. The minimum atomic E-state index is 0.0123. The summed E-state index contributed by atoms with van der Waals surface area (Å²) < 4.78 is 0. The van der Waals surface area contributed by atoms with Gasteiger partial charge in [0.05, 0.1) is 6.10 Å². The Morgan fingerprint density at radius 3 is 2.00 bits per heavy atom. The molecule has 0 aromatic heterocycles. The van der Waals surface area contributed by atoms with E-state index in [1.165, 1.54) is 38.8 Å². The fourth-order valence-electron chi connectivity index (χ4n) is 2.32. The normalized spacial score (nSPS) is 38.8. The van der Waals surface area contributed by atoms with Crippen LogP contribution in [0, 0.1) is 0 Å². The van der Waals surface area contributed by atoms with E-state index in [0.29, 0.717) is 0 Å². The monoisotopic (exact) mass is 169 g/mol. The van der Waals surface area contributed by atoms with Crippen LogP contribution in [0.5, 0.6) is 0 Å². The standard InChI is InChI=1S/C10H19NO/c12-10-7-9(8-10)11-5-3-1-2-4-6-11/h9-10,12H,1-8H2. The summed E-state index contributed by atoms with van der Waals surface area (Å²) in [5.74, 6) is 0. The molecule has 0 aromatic carbocycles. The third-order valence-electron chi connectivity index (χ3n) is 3.25. The highest BCUT2D eigenvalue weighted by atomic mass is 16.3. The SMILES string of the molecule is OC1CC(N2CCCCCC2)C1. The quantitative estimate of drug-likeness (QED) is 0.641. The average Bonchev–Trinajstić information content (AvgIpc) is 2.26. The molecule has 70 valence electrons. The topological polar surface area (TPSA) is 23.5 Å². The second-order valence-corrected chi connectivity index (χ2v) is 4.23. The molecule has 0 radical (unpaired) electrons. The van der Waals surface area contributed by atoms with Crippen molar-refractivity contribution >= 4 is 0 Å². The Hall–Kier alpha value is -0.0800. The predicted molar refractivity (Wildman–Crippen MR) is 49.1 cm³/mol. The minimum Gasteiger partial charge on any atom is -0.393 e. The van der Waals surface area contributed by atoms with Crippen LogP contribution in [0.25, 0.3) is 0 Å². The fourth-order valence-corrected chi connectivity index (χ4v) is 2.32. The first-order chi connectivity index (χ1) is 5.86. The van der Waals surface area contributed by atoms with E-state index >= 15 is 0 Å². The van der Waals surface area contributed by atoms with E-state index in [0.717, 1.165) is 18.9 Å². The zero-order chi connectivity index (χ0) is 8.39. The molecular formula is C10H19NO. The van der Waals surface area contributed by atoms with Gasteiger partial charge in [-0.15, -0.1) is 0 Å². The van der Waals surface area contributed by atoms with Crippen LogP contribution in [0.4, 0.5) is 0 Å². The molecule has 1 aliphatic carbocycles. The maximum Gasteiger partial charge on any atom is 0.0570 e. The second-order valence-electron chi connectivity index (χ2n) is 4.23. The maximum absolute atomic E-state index is 9.19. The Bertz CT molecular complexity index is 135. The number of aliphatic hydroxyl groups is 1. The van der Waals surface area contributed by atoms with Gasteiger partial charge < -0.3 is 10.0 Å². The second kappa shape index (κ2) is 3.75. The van der Waals surface area contributed by atoms with E-state index in [1.807, 2.05) is 0 Å². The number of hydrogen-bond donors (Lipinski definition) is 1. The molecule has 1 heterocycles. The molecule has 0 bridgehead atoms. The van der Waals surface area contributed by atoms with E-state index in [4.69, 9.17) is 0 Å². The summed E-state index contributed by atoms with van der Waals surface area (Å²) in [6.45, 7) is 2.55. The number of likely N-dealkylation sites (tertiary alicyclic amines) is 1. The smallest absolute Gasteiger partial charge is 0.0570 e. The van der Waals surface area contributed by atoms with Gasteiger partial charge in [0.25, 0.3) is 0 Å². The molecular weight excluding hydrogens is 150 g/mol. The Kier molecular flexibility index (Phi) is 2.66. The molecule has 0 unspecified atom stereocenters. The summed E-state index contributed by atoms with van der Waals surface area (Å²) in [5.41, 5.74) is 0. The number of rotatable bonds is 1. The summed E-state index contributed by atoms with van der Waals surface area (Å²) in [6.07, 6.45) is 7.62. The van der Waals surface area contributed by atoms with E-state index in [1.54, 1.807) is 0 Å². The first-order valence-corrected chi connectivity index (χ1v) is 5.28. The third kappa shape index (κ3) is 1.80. The molecule has 12 heavy (non-hydrogen) atoms. The van der Waals surface area contributed by atoms with Gasteiger partial charge in [0.1, 0.15) is 0 Å². The fraction of sp³-hybridized carbons (Fsp3) is 1.00. The molecule has 0 spiro atoms. The highest BCUT2D eigenvalue weighted by Gasteiger charge is 2.31. The summed E-state index contributed by atoms with van der Waals surface area (Å²) >= 11 is 0. The van der Waals surface area contributed by atoms with Crippen molar-refractivity contribution in [1.82, 2.24) is 4.90 Å². The molecule has 2 rings (SSSR count). The molecule has 0 aromatic rings. The average molecular weight is 169 g/mol. The summed E-state index contributed by atoms with van der Waals surface area (Å²) in [5, 5.41) is 9.19. The van der Waals surface area contributed by atoms with Gasteiger partial charge in [-0.05, 0) is 38.8 Å². The van der Waals surface area contributed by atoms with Crippen molar-refractivity contribution in [1.29, 1.82) is 0 Å². The van der Waals surface area contributed by atoms with Gasteiger partial charge in [-0.1, -0.05) is 12.8 Å². The predicted octanol–water partition coefficient (Wildman–Crippen LogP) is 1.39. The van der Waals surface area contributed by atoms with Crippen molar-refractivity contribution < 1.29 is 5.11 Å². The van der Waals surface area contributed by atoms with Gasteiger partial charge in [0.2, 0.25) is 0 Å². The molecule has 1 N–H and O–H groups in total. The lowest BCUT2D eigenvalue weighted by molar-refractivity contribution is 0.00302. The number of aliphatic hydroxyl groups excluding tert-OH is 1. The molecule has 2 fully saturated rings. The van der Waals surface area contributed by atoms with Crippen LogP contribution in [0.2, 0.25) is 0 Å². The van der Waals surface area contributed by atoms with E-state index in [2.05, 4.69) is 4.90 Å². The number of hydrogen-bond acceptors (Lipinski definition) is 2. The van der Waals surface area contributed by atoms with E-state index in [9.17, 15) is 5.11 Å². The van der Waals surface area contributed by atoms with Gasteiger partial charge in [-0.2, -0.15) is 0 Å². The Morgan fingerprint density at radius 2 is 1.50 bits per heavy atom.